The standard InChI is InChI=1S/C35H59N7O4/c1-24(2)29(39(9)34(46)30(35(6,7)8)38-32(44)28-14-10-11-19-41(28)25(3)4)22-26(5)33(45)42-20-12-15-27(42)31(43)37-16-13-18-40-21-17-36-23-40/h17,21-25,27-30H,10-16,18-20H2,1-9H3,(H,37,43)(H,38,44)/b26-22+/t27-,28?,29+,30+/m0/s1. The van der Waals surface area contributed by atoms with Gasteiger partial charge in [-0.3, -0.25) is 24.1 Å². The monoisotopic (exact) mass is 641 g/mol. The molecule has 11 nitrogen and oxygen atoms in total. The van der Waals surface area contributed by atoms with Crippen molar-refractivity contribution in [2.24, 2.45) is 11.3 Å². The average Bonchev–Trinajstić information content (AvgIpc) is 3.71. The molecule has 2 aliphatic heterocycles. The lowest BCUT2D eigenvalue weighted by molar-refractivity contribution is -0.142. The molecule has 2 saturated heterocycles. The van der Waals surface area contributed by atoms with Crippen LogP contribution in [0.25, 0.3) is 0 Å². The summed E-state index contributed by atoms with van der Waals surface area (Å²) in [5, 5.41) is 6.14. The number of rotatable bonds is 13. The van der Waals surface area contributed by atoms with E-state index in [0.717, 1.165) is 45.2 Å². The Labute approximate surface area is 276 Å². The van der Waals surface area contributed by atoms with Gasteiger partial charge in [0.05, 0.1) is 18.4 Å². The fraction of sp³-hybridized carbons (Fsp3) is 0.743. The number of carbonyl (C=O) groups is 4. The molecule has 1 aromatic rings. The van der Waals surface area contributed by atoms with Gasteiger partial charge in [0.25, 0.3) is 0 Å². The Hall–Kier alpha value is -3.21. The Kier molecular flexibility index (Phi) is 13.4. The molecule has 3 rings (SSSR count). The second-order valence-electron chi connectivity index (χ2n) is 14.8. The van der Waals surface area contributed by atoms with Crippen molar-refractivity contribution in [3.05, 3.63) is 30.4 Å². The van der Waals surface area contributed by atoms with E-state index in [1.165, 1.54) is 0 Å². The van der Waals surface area contributed by atoms with Gasteiger partial charge >= 0.3 is 0 Å². The molecule has 0 aliphatic carbocycles. The minimum Gasteiger partial charge on any atom is -0.354 e. The molecule has 46 heavy (non-hydrogen) atoms. The molecule has 4 amide bonds. The summed E-state index contributed by atoms with van der Waals surface area (Å²) in [6.45, 7) is 18.6. The second kappa shape index (κ2) is 16.6. The maximum atomic E-state index is 14.1. The lowest BCUT2D eigenvalue weighted by Gasteiger charge is -2.41. The highest BCUT2D eigenvalue weighted by Gasteiger charge is 2.40. The summed E-state index contributed by atoms with van der Waals surface area (Å²) in [6, 6.07) is -1.62. The lowest BCUT2D eigenvalue weighted by Crippen LogP contribution is -2.60. The van der Waals surface area contributed by atoms with Gasteiger partial charge in [-0.15, -0.1) is 0 Å². The predicted molar refractivity (Wildman–Crippen MR) is 181 cm³/mol. The van der Waals surface area contributed by atoms with E-state index in [4.69, 9.17) is 0 Å². The molecular formula is C35H59N7O4. The van der Waals surface area contributed by atoms with E-state index in [0.29, 0.717) is 25.1 Å². The SMILES string of the molecule is C/C(=C\[C@H](C(C)C)N(C)C(=O)[C@@H](NC(=O)C1CCCCN1C(C)C)C(C)(C)C)C(=O)N1CCC[C@H]1C(=O)NCCCn1ccnc1. The number of imidazole rings is 1. The summed E-state index contributed by atoms with van der Waals surface area (Å²) in [7, 11) is 1.75. The molecule has 1 aromatic heterocycles. The highest BCUT2D eigenvalue weighted by Crippen LogP contribution is 2.27. The van der Waals surface area contributed by atoms with E-state index in [1.54, 1.807) is 36.3 Å². The van der Waals surface area contributed by atoms with Crippen LogP contribution in [-0.2, 0) is 25.7 Å². The third kappa shape index (κ3) is 9.65. The summed E-state index contributed by atoms with van der Waals surface area (Å²) in [6.07, 6.45) is 12.2. The minimum absolute atomic E-state index is 0.0102. The zero-order valence-electron chi connectivity index (χ0n) is 29.7. The van der Waals surface area contributed by atoms with E-state index in [1.807, 2.05) is 51.5 Å². The van der Waals surface area contributed by atoms with Gasteiger partial charge in [0, 0.05) is 50.7 Å². The smallest absolute Gasteiger partial charge is 0.249 e. The molecule has 2 aliphatic rings. The number of piperidine rings is 1. The highest BCUT2D eigenvalue weighted by atomic mass is 16.2. The third-order valence-electron chi connectivity index (χ3n) is 9.41. The summed E-state index contributed by atoms with van der Waals surface area (Å²) < 4.78 is 1.97. The summed E-state index contributed by atoms with van der Waals surface area (Å²) in [5.41, 5.74) is -0.0205. The third-order valence-corrected chi connectivity index (χ3v) is 9.41. The van der Waals surface area contributed by atoms with Gasteiger partial charge in [0.15, 0.2) is 0 Å². The van der Waals surface area contributed by atoms with E-state index >= 15 is 0 Å². The first-order valence-electron chi connectivity index (χ1n) is 17.2. The van der Waals surface area contributed by atoms with Gasteiger partial charge < -0.3 is 25.0 Å². The van der Waals surface area contributed by atoms with Crippen molar-refractivity contribution in [1.29, 1.82) is 0 Å². The van der Waals surface area contributed by atoms with Crippen molar-refractivity contribution in [2.75, 3.05) is 26.7 Å². The quantitative estimate of drug-likeness (QED) is 0.251. The Morgan fingerprint density at radius 2 is 1.70 bits per heavy atom. The molecule has 4 atom stereocenters. The first kappa shape index (κ1) is 37.2. The fourth-order valence-electron chi connectivity index (χ4n) is 6.69. The van der Waals surface area contributed by atoms with Crippen LogP contribution in [0.2, 0.25) is 0 Å². The number of nitrogens with zero attached hydrogens (tertiary/aromatic N) is 5. The predicted octanol–water partition coefficient (Wildman–Crippen LogP) is 3.60. The van der Waals surface area contributed by atoms with Crippen LogP contribution >= 0.6 is 0 Å². The van der Waals surface area contributed by atoms with Crippen LogP contribution in [0.3, 0.4) is 0 Å². The molecule has 3 heterocycles. The molecule has 258 valence electrons. The van der Waals surface area contributed by atoms with Crippen LogP contribution in [0.4, 0.5) is 0 Å². The number of likely N-dealkylation sites (N-methyl/N-ethyl adjacent to an activating group) is 1. The van der Waals surface area contributed by atoms with Crippen molar-refractivity contribution in [3.8, 4) is 0 Å². The van der Waals surface area contributed by atoms with Crippen molar-refractivity contribution in [3.63, 3.8) is 0 Å². The minimum atomic E-state index is -0.730. The normalized spacial score (nSPS) is 20.9. The number of amides is 4. The molecule has 0 saturated carbocycles. The molecule has 0 spiro atoms. The average molecular weight is 642 g/mol. The summed E-state index contributed by atoms with van der Waals surface area (Å²) >= 11 is 0. The van der Waals surface area contributed by atoms with Crippen LogP contribution in [0.15, 0.2) is 30.4 Å². The maximum Gasteiger partial charge on any atom is 0.249 e. The number of aryl methyl sites for hydroxylation is 1. The zero-order valence-corrected chi connectivity index (χ0v) is 29.7. The lowest BCUT2D eigenvalue weighted by atomic mass is 9.84. The van der Waals surface area contributed by atoms with Crippen LogP contribution in [0.1, 0.15) is 93.9 Å². The van der Waals surface area contributed by atoms with Gasteiger partial charge in [-0.1, -0.05) is 47.1 Å². The fourth-order valence-corrected chi connectivity index (χ4v) is 6.69. The molecule has 0 aromatic carbocycles. The Morgan fingerprint density at radius 3 is 2.30 bits per heavy atom. The summed E-state index contributed by atoms with van der Waals surface area (Å²) in [4.78, 5) is 64.1. The molecule has 0 radical (unpaired) electrons. The number of hydrogen-bond acceptors (Lipinski definition) is 6. The van der Waals surface area contributed by atoms with Crippen LogP contribution < -0.4 is 10.6 Å². The Balaban J connectivity index is 1.69. The van der Waals surface area contributed by atoms with Crippen molar-refractivity contribution < 1.29 is 19.2 Å². The first-order chi connectivity index (χ1) is 21.6. The van der Waals surface area contributed by atoms with Gasteiger partial charge in [-0.2, -0.15) is 0 Å². The second-order valence-corrected chi connectivity index (χ2v) is 14.8. The highest BCUT2D eigenvalue weighted by molar-refractivity contribution is 5.97. The largest absolute Gasteiger partial charge is 0.354 e. The zero-order chi connectivity index (χ0) is 34.2. The Morgan fingerprint density at radius 1 is 1.00 bits per heavy atom. The topological polar surface area (TPSA) is 120 Å². The van der Waals surface area contributed by atoms with Gasteiger partial charge in [0.2, 0.25) is 23.6 Å². The van der Waals surface area contributed by atoms with Crippen molar-refractivity contribution >= 4 is 23.6 Å². The molecule has 2 fully saturated rings. The summed E-state index contributed by atoms with van der Waals surface area (Å²) in [5.74, 6) is -0.588. The van der Waals surface area contributed by atoms with Gasteiger partial charge in [-0.05, 0) is 70.8 Å². The molecule has 0 bridgehead atoms. The van der Waals surface area contributed by atoms with E-state index in [2.05, 4.69) is 34.4 Å². The number of hydrogen-bond donors (Lipinski definition) is 2. The first-order valence-corrected chi connectivity index (χ1v) is 17.2. The van der Waals surface area contributed by atoms with Crippen molar-refractivity contribution in [2.45, 2.75) is 131 Å². The van der Waals surface area contributed by atoms with Crippen LogP contribution in [0, 0.1) is 11.3 Å². The molecule has 11 heteroatoms. The maximum absolute atomic E-state index is 14.1. The number of nitrogens with one attached hydrogen (secondary N) is 2. The van der Waals surface area contributed by atoms with E-state index in [9.17, 15) is 19.2 Å². The number of aromatic nitrogens is 2. The molecule has 2 N–H and O–H groups in total. The number of likely N-dealkylation sites (tertiary alicyclic amines) is 2. The Bertz CT molecular complexity index is 1200. The van der Waals surface area contributed by atoms with E-state index < -0.39 is 17.5 Å². The van der Waals surface area contributed by atoms with Crippen LogP contribution in [0.5, 0.6) is 0 Å². The van der Waals surface area contributed by atoms with Crippen LogP contribution in [-0.4, -0.2) is 105 Å². The molecular weight excluding hydrogens is 582 g/mol. The molecule has 1 unspecified atom stereocenters. The van der Waals surface area contributed by atoms with Gasteiger partial charge in [-0.25, -0.2) is 4.98 Å². The van der Waals surface area contributed by atoms with Crippen molar-refractivity contribution in [1.82, 2.24) is 34.9 Å². The van der Waals surface area contributed by atoms with Gasteiger partial charge in [0.1, 0.15) is 12.1 Å². The number of carbonyl (C=O) groups excluding carboxylic acids is 4. The van der Waals surface area contributed by atoms with E-state index in [-0.39, 0.29) is 47.7 Å².